The molecule has 0 bridgehead atoms. The smallest absolute Gasteiger partial charge is 0.338 e. The molecule has 13 heavy (non-hydrogen) atoms. The topological polar surface area (TPSA) is 38.8 Å². The Kier molecular flexibility index (Phi) is 3.31. The second-order valence-corrected chi connectivity index (χ2v) is 3.42. The molecule has 0 spiro atoms. The van der Waals surface area contributed by atoms with Gasteiger partial charge in [-0.25, -0.2) is 4.79 Å². The predicted octanol–water partition coefficient (Wildman–Crippen LogP) is 1.90. The van der Waals surface area contributed by atoms with E-state index in [2.05, 4.69) is 13.8 Å². The zero-order chi connectivity index (χ0) is 9.90. The summed E-state index contributed by atoms with van der Waals surface area (Å²) >= 11 is 0. The van der Waals surface area contributed by atoms with E-state index in [1.165, 1.54) is 0 Å². The van der Waals surface area contributed by atoms with Crippen molar-refractivity contribution in [2.75, 3.05) is 6.61 Å². The van der Waals surface area contributed by atoms with E-state index in [-0.39, 0.29) is 17.7 Å². The molecular weight excluding hydrogens is 168 g/mol. The zero-order valence-electron chi connectivity index (χ0n) is 8.63. The van der Waals surface area contributed by atoms with Crippen LogP contribution in [0.2, 0.25) is 0 Å². The molecule has 2 unspecified atom stereocenters. The SMILES string of the molecule is CCCC1(CC)OC1C(=O)OCC. The summed E-state index contributed by atoms with van der Waals surface area (Å²) in [7, 11) is 0. The fourth-order valence-electron chi connectivity index (χ4n) is 1.74. The number of carbonyl (C=O) groups excluding carboxylic acids is 1. The van der Waals surface area contributed by atoms with Crippen LogP contribution in [0.5, 0.6) is 0 Å². The quantitative estimate of drug-likeness (QED) is 0.486. The number of hydrogen-bond acceptors (Lipinski definition) is 3. The largest absolute Gasteiger partial charge is 0.464 e. The van der Waals surface area contributed by atoms with Crippen LogP contribution in [0, 0.1) is 0 Å². The van der Waals surface area contributed by atoms with Gasteiger partial charge in [0.15, 0.2) is 6.10 Å². The van der Waals surface area contributed by atoms with Crippen molar-refractivity contribution in [3.05, 3.63) is 0 Å². The Hall–Kier alpha value is -0.570. The average Bonchev–Trinajstić information content (AvgIpc) is 2.82. The number of ether oxygens (including phenoxy) is 2. The van der Waals surface area contributed by atoms with Gasteiger partial charge in [0.05, 0.1) is 6.61 Å². The van der Waals surface area contributed by atoms with Crippen molar-refractivity contribution in [3.8, 4) is 0 Å². The molecule has 0 aromatic rings. The molecule has 1 aliphatic heterocycles. The lowest BCUT2D eigenvalue weighted by atomic mass is 9.97. The first-order valence-electron chi connectivity index (χ1n) is 5.04. The predicted molar refractivity (Wildman–Crippen MR) is 49.4 cm³/mol. The Balaban J connectivity index is 2.44. The van der Waals surface area contributed by atoms with E-state index in [0.29, 0.717) is 6.61 Å². The molecule has 0 N–H and O–H groups in total. The number of esters is 1. The fourth-order valence-corrected chi connectivity index (χ4v) is 1.74. The van der Waals surface area contributed by atoms with Crippen LogP contribution in [-0.2, 0) is 14.3 Å². The highest BCUT2D eigenvalue weighted by atomic mass is 16.7. The van der Waals surface area contributed by atoms with E-state index in [0.717, 1.165) is 19.3 Å². The summed E-state index contributed by atoms with van der Waals surface area (Å²) < 4.78 is 10.3. The molecule has 0 aromatic carbocycles. The molecule has 0 aliphatic carbocycles. The van der Waals surface area contributed by atoms with Gasteiger partial charge in [0, 0.05) is 0 Å². The Bertz CT molecular complexity index is 191. The van der Waals surface area contributed by atoms with E-state index in [9.17, 15) is 4.79 Å². The second-order valence-electron chi connectivity index (χ2n) is 3.42. The van der Waals surface area contributed by atoms with Gasteiger partial charge in [0.25, 0.3) is 0 Å². The van der Waals surface area contributed by atoms with Gasteiger partial charge in [-0.3, -0.25) is 0 Å². The Labute approximate surface area is 79.4 Å². The highest BCUT2D eigenvalue weighted by Gasteiger charge is 2.59. The Morgan fingerprint density at radius 2 is 2.15 bits per heavy atom. The van der Waals surface area contributed by atoms with Gasteiger partial charge in [0.1, 0.15) is 5.60 Å². The molecule has 1 rings (SSSR count). The molecule has 3 heteroatoms. The summed E-state index contributed by atoms with van der Waals surface area (Å²) in [5.74, 6) is -0.196. The lowest BCUT2D eigenvalue weighted by Crippen LogP contribution is -2.22. The minimum absolute atomic E-state index is 0.193. The number of hydrogen-bond donors (Lipinski definition) is 0. The van der Waals surface area contributed by atoms with Crippen LogP contribution in [0.1, 0.15) is 40.0 Å². The van der Waals surface area contributed by atoms with E-state index in [1.54, 1.807) is 0 Å². The zero-order valence-corrected chi connectivity index (χ0v) is 8.63. The Morgan fingerprint density at radius 1 is 1.46 bits per heavy atom. The average molecular weight is 186 g/mol. The molecular formula is C10H18O3. The van der Waals surface area contributed by atoms with Gasteiger partial charge in [-0.2, -0.15) is 0 Å². The summed E-state index contributed by atoms with van der Waals surface area (Å²) in [6, 6.07) is 0. The third-order valence-electron chi connectivity index (χ3n) is 2.55. The third-order valence-corrected chi connectivity index (χ3v) is 2.55. The van der Waals surface area contributed by atoms with Gasteiger partial charge < -0.3 is 9.47 Å². The molecule has 1 saturated heterocycles. The lowest BCUT2D eigenvalue weighted by molar-refractivity contribution is -0.144. The Morgan fingerprint density at radius 3 is 2.62 bits per heavy atom. The summed E-state index contributed by atoms with van der Waals surface area (Å²) in [6.45, 7) is 6.40. The highest BCUT2D eigenvalue weighted by molar-refractivity contribution is 5.79. The summed E-state index contributed by atoms with van der Waals surface area (Å²) in [5, 5.41) is 0. The molecule has 76 valence electrons. The van der Waals surface area contributed by atoms with Crippen molar-refractivity contribution in [1.29, 1.82) is 0 Å². The third kappa shape index (κ3) is 2.02. The van der Waals surface area contributed by atoms with Crippen molar-refractivity contribution in [1.82, 2.24) is 0 Å². The minimum Gasteiger partial charge on any atom is -0.464 e. The van der Waals surface area contributed by atoms with E-state index in [1.807, 2.05) is 6.92 Å². The van der Waals surface area contributed by atoms with E-state index >= 15 is 0 Å². The van der Waals surface area contributed by atoms with E-state index < -0.39 is 0 Å². The molecule has 1 aliphatic rings. The first kappa shape index (κ1) is 10.5. The summed E-state index contributed by atoms with van der Waals surface area (Å²) in [4.78, 5) is 11.3. The van der Waals surface area contributed by atoms with Crippen molar-refractivity contribution in [2.45, 2.75) is 51.7 Å². The van der Waals surface area contributed by atoms with Crippen LogP contribution in [0.25, 0.3) is 0 Å². The van der Waals surface area contributed by atoms with Gasteiger partial charge >= 0.3 is 5.97 Å². The highest BCUT2D eigenvalue weighted by Crippen LogP contribution is 2.44. The molecule has 0 aromatic heterocycles. The van der Waals surface area contributed by atoms with Crippen molar-refractivity contribution in [3.63, 3.8) is 0 Å². The number of epoxide rings is 1. The normalized spacial score (nSPS) is 31.5. The first-order chi connectivity index (χ1) is 6.20. The molecule has 1 heterocycles. The summed E-state index contributed by atoms with van der Waals surface area (Å²) in [6.07, 6.45) is 2.60. The minimum atomic E-state index is -0.294. The van der Waals surface area contributed by atoms with Gasteiger partial charge in [-0.05, 0) is 19.8 Å². The van der Waals surface area contributed by atoms with Crippen LogP contribution in [-0.4, -0.2) is 24.3 Å². The van der Waals surface area contributed by atoms with Crippen LogP contribution in [0.15, 0.2) is 0 Å². The maximum atomic E-state index is 11.3. The first-order valence-corrected chi connectivity index (χ1v) is 5.04. The van der Waals surface area contributed by atoms with Crippen LogP contribution >= 0.6 is 0 Å². The maximum Gasteiger partial charge on any atom is 0.338 e. The van der Waals surface area contributed by atoms with Crippen LogP contribution in [0.4, 0.5) is 0 Å². The molecule has 0 radical (unpaired) electrons. The van der Waals surface area contributed by atoms with Crippen molar-refractivity contribution < 1.29 is 14.3 Å². The lowest BCUT2D eigenvalue weighted by Gasteiger charge is -2.07. The molecule has 1 fully saturated rings. The van der Waals surface area contributed by atoms with Crippen molar-refractivity contribution in [2.24, 2.45) is 0 Å². The summed E-state index contributed by atoms with van der Waals surface area (Å²) in [5.41, 5.74) is -0.193. The number of carbonyl (C=O) groups is 1. The maximum absolute atomic E-state index is 11.3. The van der Waals surface area contributed by atoms with Gasteiger partial charge in [-0.15, -0.1) is 0 Å². The molecule has 0 amide bonds. The van der Waals surface area contributed by atoms with Gasteiger partial charge in [-0.1, -0.05) is 20.3 Å². The fraction of sp³-hybridized carbons (Fsp3) is 0.900. The monoisotopic (exact) mass is 186 g/mol. The van der Waals surface area contributed by atoms with Crippen molar-refractivity contribution >= 4 is 5.97 Å². The molecule has 2 atom stereocenters. The number of rotatable bonds is 5. The second kappa shape index (κ2) is 4.09. The molecule has 3 nitrogen and oxygen atoms in total. The van der Waals surface area contributed by atoms with Crippen LogP contribution in [0.3, 0.4) is 0 Å². The van der Waals surface area contributed by atoms with Crippen LogP contribution < -0.4 is 0 Å². The van der Waals surface area contributed by atoms with E-state index in [4.69, 9.17) is 9.47 Å². The molecule has 0 saturated carbocycles. The van der Waals surface area contributed by atoms with Gasteiger partial charge in [0.2, 0.25) is 0 Å². The standard InChI is InChI=1S/C10H18O3/c1-4-7-10(5-2)8(13-10)9(11)12-6-3/h8H,4-7H2,1-3H3.